The lowest BCUT2D eigenvalue weighted by Crippen LogP contribution is -2.53. The van der Waals surface area contributed by atoms with Gasteiger partial charge in [-0.25, -0.2) is 4.99 Å². The number of furan rings is 1. The highest BCUT2D eigenvalue weighted by molar-refractivity contribution is 14.0. The van der Waals surface area contributed by atoms with E-state index in [9.17, 15) is 4.79 Å². The van der Waals surface area contributed by atoms with Gasteiger partial charge in [0, 0.05) is 38.4 Å². The average molecular weight is 535 g/mol. The van der Waals surface area contributed by atoms with E-state index in [0.29, 0.717) is 38.5 Å². The minimum absolute atomic E-state index is 0. The summed E-state index contributed by atoms with van der Waals surface area (Å²) in [7, 11) is 0. The maximum atomic E-state index is 12.5. The zero-order valence-electron chi connectivity index (χ0n) is 17.3. The number of benzene rings is 1. The molecule has 0 spiro atoms. The molecule has 1 N–H and O–H groups in total. The van der Waals surface area contributed by atoms with Crippen molar-refractivity contribution < 1.29 is 9.21 Å². The van der Waals surface area contributed by atoms with Crippen molar-refractivity contribution in [2.75, 3.05) is 32.7 Å². The molecule has 3 heterocycles. The zero-order chi connectivity index (χ0) is 20.8. The molecule has 1 aliphatic rings. The summed E-state index contributed by atoms with van der Waals surface area (Å²) in [6.45, 7) is 5.83. The Morgan fingerprint density at radius 1 is 1.10 bits per heavy atom. The van der Waals surface area contributed by atoms with Gasteiger partial charge >= 0.3 is 0 Å². The van der Waals surface area contributed by atoms with E-state index >= 15 is 0 Å². The summed E-state index contributed by atoms with van der Waals surface area (Å²) in [5, 5.41) is 11.6. The Balaban J connectivity index is 0.00000272. The van der Waals surface area contributed by atoms with Crippen LogP contribution < -0.4 is 5.32 Å². The molecule has 10 heteroatoms. The van der Waals surface area contributed by atoms with Gasteiger partial charge in [0.2, 0.25) is 0 Å². The van der Waals surface area contributed by atoms with E-state index in [1.807, 2.05) is 46.7 Å². The number of hydrogen-bond donors (Lipinski definition) is 1. The van der Waals surface area contributed by atoms with Crippen LogP contribution in [0.5, 0.6) is 0 Å². The molecule has 31 heavy (non-hydrogen) atoms. The maximum Gasteiger partial charge on any atom is 0.289 e. The van der Waals surface area contributed by atoms with Crippen LogP contribution in [0.3, 0.4) is 0 Å². The topological polar surface area (TPSA) is 91.8 Å². The number of amides is 1. The number of aromatic nitrogens is 3. The van der Waals surface area contributed by atoms with Gasteiger partial charge in [-0.1, -0.05) is 18.2 Å². The van der Waals surface area contributed by atoms with Crippen molar-refractivity contribution in [3.8, 4) is 5.69 Å². The lowest BCUT2D eigenvalue weighted by molar-refractivity contribution is 0.0657. The summed E-state index contributed by atoms with van der Waals surface area (Å²) >= 11 is 0. The fourth-order valence-corrected chi connectivity index (χ4v) is 3.42. The molecule has 0 radical (unpaired) electrons. The lowest BCUT2D eigenvalue weighted by atomic mass is 10.3. The fraction of sp³-hybridized carbons (Fsp3) is 0.333. The summed E-state index contributed by atoms with van der Waals surface area (Å²) < 4.78 is 7.17. The number of nitrogens with one attached hydrogen (secondary N) is 1. The van der Waals surface area contributed by atoms with E-state index < -0.39 is 0 Å². The van der Waals surface area contributed by atoms with Crippen molar-refractivity contribution in [1.29, 1.82) is 0 Å². The van der Waals surface area contributed by atoms with E-state index in [4.69, 9.17) is 9.41 Å². The fourth-order valence-electron chi connectivity index (χ4n) is 3.42. The molecule has 1 fully saturated rings. The van der Waals surface area contributed by atoms with Crippen molar-refractivity contribution in [2.45, 2.75) is 13.5 Å². The molecule has 1 amide bonds. The highest BCUT2D eigenvalue weighted by Gasteiger charge is 2.25. The number of aliphatic imine (C=N–C) groups is 1. The van der Waals surface area contributed by atoms with Crippen molar-refractivity contribution in [3.63, 3.8) is 0 Å². The first-order chi connectivity index (χ1) is 14.8. The quantitative estimate of drug-likeness (QED) is 0.307. The molecule has 164 valence electrons. The van der Waals surface area contributed by atoms with Crippen LogP contribution in [0, 0.1) is 0 Å². The highest BCUT2D eigenvalue weighted by atomic mass is 127. The van der Waals surface area contributed by atoms with Gasteiger partial charge in [-0.15, -0.1) is 34.2 Å². The van der Waals surface area contributed by atoms with E-state index in [1.54, 1.807) is 18.5 Å². The first-order valence-electron chi connectivity index (χ1n) is 10.1. The number of piperazine rings is 1. The minimum atomic E-state index is -0.0717. The third kappa shape index (κ3) is 5.43. The molecule has 1 saturated heterocycles. The molecular formula is C21H26IN7O2. The number of rotatable bonds is 5. The molecule has 0 atom stereocenters. The SMILES string of the molecule is CCNC(=NCc1nncn1-c1ccccc1)N1CCN(C(=O)c2ccco2)CC1.I. The molecule has 4 rings (SSSR count). The molecule has 1 aliphatic heterocycles. The highest BCUT2D eigenvalue weighted by Crippen LogP contribution is 2.12. The predicted octanol–water partition coefficient (Wildman–Crippen LogP) is 2.40. The molecule has 0 bridgehead atoms. The first-order valence-corrected chi connectivity index (χ1v) is 10.1. The van der Waals surface area contributed by atoms with Crippen LogP contribution in [0.1, 0.15) is 23.3 Å². The molecule has 9 nitrogen and oxygen atoms in total. The van der Waals surface area contributed by atoms with E-state index in [2.05, 4.69) is 20.4 Å². The predicted molar refractivity (Wildman–Crippen MR) is 128 cm³/mol. The standard InChI is InChI=1S/C21H25N7O2.HI/c1-2-22-21(23-15-19-25-24-16-28(19)17-7-4-3-5-8-17)27-12-10-26(11-13-27)20(29)18-9-6-14-30-18;/h3-9,14,16H,2,10-13,15H2,1H3,(H,22,23);1H. The smallest absolute Gasteiger partial charge is 0.289 e. The van der Waals surface area contributed by atoms with Gasteiger partial charge in [0.15, 0.2) is 17.5 Å². The zero-order valence-corrected chi connectivity index (χ0v) is 19.7. The second kappa shape index (κ2) is 10.9. The van der Waals surface area contributed by atoms with Crippen molar-refractivity contribution in [2.24, 2.45) is 4.99 Å². The molecule has 0 aliphatic carbocycles. The van der Waals surface area contributed by atoms with Gasteiger partial charge < -0.3 is 19.5 Å². The van der Waals surface area contributed by atoms with Gasteiger partial charge in [0.25, 0.3) is 5.91 Å². The molecule has 1 aromatic carbocycles. The summed E-state index contributed by atoms with van der Waals surface area (Å²) in [5.41, 5.74) is 1.00. The lowest BCUT2D eigenvalue weighted by Gasteiger charge is -2.36. The Labute approximate surface area is 198 Å². The minimum Gasteiger partial charge on any atom is -0.459 e. The van der Waals surface area contributed by atoms with Gasteiger partial charge in [0.05, 0.1) is 6.26 Å². The second-order valence-corrected chi connectivity index (χ2v) is 6.88. The van der Waals surface area contributed by atoms with Crippen LogP contribution >= 0.6 is 24.0 Å². The van der Waals surface area contributed by atoms with Crippen molar-refractivity contribution >= 4 is 35.8 Å². The second-order valence-electron chi connectivity index (χ2n) is 6.88. The summed E-state index contributed by atoms with van der Waals surface area (Å²) in [6, 6.07) is 13.4. The number of carbonyl (C=O) groups excluding carboxylic acids is 1. The number of hydrogen-bond acceptors (Lipinski definition) is 5. The van der Waals surface area contributed by atoms with Gasteiger partial charge in [-0.3, -0.25) is 9.36 Å². The van der Waals surface area contributed by atoms with E-state index in [-0.39, 0.29) is 29.9 Å². The molecule has 3 aromatic rings. The first kappa shape index (κ1) is 22.8. The van der Waals surface area contributed by atoms with Crippen LogP contribution in [0.15, 0.2) is 64.5 Å². The Bertz CT molecular complexity index is 980. The summed E-state index contributed by atoms with van der Waals surface area (Å²) in [5.74, 6) is 1.88. The van der Waals surface area contributed by atoms with Crippen LogP contribution in [-0.2, 0) is 6.54 Å². The van der Waals surface area contributed by atoms with E-state index in [1.165, 1.54) is 6.26 Å². The maximum absolute atomic E-state index is 12.5. The van der Waals surface area contributed by atoms with Crippen LogP contribution in [0.2, 0.25) is 0 Å². The summed E-state index contributed by atoms with van der Waals surface area (Å²) in [4.78, 5) is 21.2. The molecule has 0 saturated carbocycles. The molecule has 2 aromatic heterocycles. The Morgan fingerprint density at radius 2 is 1.84 bits per heavy atom. The van der Waals surface area contributed by atoms with Crippen LogP contribution in [0.25, 0.3) is 5.69 Å². The van der Waals surface area contributed by atoms with Gasteiger partial charge in [-0.05, 0) is 31.2 Å². The largest absolute Gasteiger partial charge is 0.459 e. The number of carbonyl (C=O) groups is 1. The number of nitrogens with zero attached hydrogens (tertiary/aromatic N) is 6. The molecule has 0 unspecified atom stereocenters. The number of para-hydroxylation sites is 1. The van der Waals surface area contributed by atoms with Gasteiger partial charge in [0.1, 0.15) is 12.9 Å². The Kier molecular flexibility index (Phi) is 8.04. The third-order valence-corrected chi connectivity index (χ3v) is 4.96. The Hall–Kier alpha value is -2.89. The van der Waals surface area contributed by atoms with Crippen LogP contribution in [-0.4, -0.2) is 69.2 Å². The Morgan fingerprint density at radius 3 is 2.52 bits per heavy atom. The van der Waals surface area contributed by atoms with Crippen molar-refractivity contribution in [3.05, 3.63) is 66.6 Å². The normalized spacial score (nSPS) is 14.3. The van der Waals surface area contributed by atoms with Crippen LogP contribution in [0.4, 0.5) is 0 Å². The molecular weight excluding hydrogens is 509 g/mol. The monoisotopic (exact) mass is 535 g/mol. The number of halogens is 1. The third-order valence-electron chi connectivity index (χ3n) is 4.96. The number of guanidine groups is 1. The van der Waals surface area contributed by atoms with E-state index in [0.717, 1.165) is 24.0 Å². The summed E-state index contributed by atoms with van der Waals surface area (Å²) in [6.07, 6.45) is 3.22. The van der Waals surface area contributed by atoms with Crippen molar-refractivity contribution in [1.82, 2.24) is 29.9 Å². The average Bonchev–Trinajstić information content (AvgIpc) is 3.49. The van der Waals surface area contributed by atoms with Gasteiger partial charge in [-0.2, -0.15) is 0 Å².